The quantitative estimate of drug-likeness (QED) is 0.848. The maximum Gasteiger partial charge on any atom is 0.391 e. The standard InChI is InChI=1S/C18H18F3N5O2/c1-10-13(16(28)25-7-5-11(6-8-25)18(19,20)21)9-22-26(10)17-23-14-4-2-3-12(14)15(27)24-17/h2-3,9,11H,4-8H2,1H3,(H,23,24,27). The summed E-state index contributed by atoms with van der Waals surface area (Å²) in [6.45, 7) is 1.76. The van der Waals surface area contributed by atoms with E-state index >= 15 is 0 Å². The molecule has 0 unspecified atom stereocenters. The third-order valence-corrected chi connectivity index (χ3v) is 5.30. The predicted octanol–water partition coefficient (Wildman–Crippen LogP) is 2.25. The van der Waals surface area contributed by atoms with Crippen LogP contribution in [0.2, 0.25) is 0 Å². The number of aromatic amines is 1. The van der Waals surface area contributed by atoms with Gasteiger partial charge in [-0.1, -0.05) is 12.2 Å². The van der Waals surface area contributed by atoms with Crippen molar-refractivity contribution in [3.63, 3.8) is 0 Å². The fourth-order valence-corrected chi connectivity index (χ4v) is 3.65. The van der Waals surface area contributed by atoms with Gasteiger partial charge in [-0.15, -0.1) is 0 Å². The Morgan fingerprint density at radius 3 is 2.68 bits per heavy atom. The van der Waals surface area contributed by atoms with Crippen LogP contribution in [0.1, 0.15) is 40.2 Å². The Labute approximate surface area is 157 Å². The molecule has 0 saturated carbocycles. The summed E-state index contributed by atoms with van der Waals surface area (Å²) < 4.78 is 39.8. The van der Waals surface area contributed by atoms with Gasteiger partial charge in [-0.3, -0.25) is 14.6 Å². The van der Waals surface area contributed by atoms with Gasteiger partial charge in [0.25, 0.3) is 11.5 Å². The Morgan fingerprint density at radius 2 is 2.00 bits per heavy atom. The summed E-state index contributed by atoms with van der Waals surface area (Å²) in [7, 11) is 0. The Bertz CT molecular complexity index is 1010. The molecule has 1 aliphatic carbocycles. The second-order valence-corrected chi connectivity index (χ2v) is 7.02. The Balaban J connectivity index is 1.56. The molecule has 0 atom stereocenters. The molecule has 2 aliphatic rings. The molecule has 28 heavy (non-hydrogen) atoms. The first-order valence-electron chi connectivity index (χ1n) is 8.96. The van der Waals surface area contributed by atoms with Gasteiger partial charge < -0.3 is 4.90 Å². The van der Waals surface area contributed by atoms with Crippen LogP contribution in [0.15, 0.2) is 17.1 Å². The van der Waals surface area contributed by atoms with Gasteiger partial charge in [0.15, 0.2) is 0 Å². The zero-order chi connectivity index (χ0) is 20.1. The number of piperidine rings is 1. The molecule has 148 valence electrons. The van der Waals surface area contributed by atoms with Gasteiger partial charge in [0.2, 0.25) is 5.95 Å². The SMILES string of the molecule is Cc1c(C(=O)N2CCC(C(F)(F)F)CC2)cnn1-c1nc2c(c(=O)[nH]1)C=CC2. The van der Waals surface area contributed by atoms with E-state index in [1.165, 1.54) is 15.8 Å². The highest BCUT2D eigenvalue weighted by Gasteiger charge is 2.42. The topological polar surface area (TPSA) is 83.9 Å². The number of fused-ring (bicyclic) bond motifs is 1. The lowest BCUT2D eigenvalue weighted by Gasteiger charge is -2.32. The average molecular weight is 393 g/mol. The number of carbonyl (C=O) groups is 1. The molecular weight excluding hydrogens is 375 g/mol. The van der Waals surface area contributed by atoms with Crippen LogP contribution in [0.4, 0.5) is 13.2 Å². The first kappa shape index (κ1) is 18.5. The van der Waals surface area contributed by atoms with Crippen LogP contribution in [-0.2, 0) is 6.42 Å². The van der Waals surface area contributed by atoms with E-state index in [4.69, 9.17) is 0 Å². The minimum atomic E-state index is -4.23. The number of allylic oxidation sites excluding steroid dienone is 1. The van der Waals surface area contributed by atoms with Crippen molar-refractivity contribution in [3.05, 3.63) is 45.1 Å². The molecule has 3 heterocycles. The molecule has 4 rings (SSSR count). The highest BCUT2D eigenvalue weighted by molar-refractivity contribution is 5.95. The van der Waals surface area contributed by atoms with Crippen LogP contribution < -0.4 is 5.56 Å². The van der Waals surface area contributed by atoms with E-state index in [1.807, 2.05) is 6.08 Å². The lowest BCUT2D eigenvalue weighted by molar-refractivity contribution is -0.183. The van der Waals surface area contributed by atoms with E-state index in [0.29, 0.717) is 23.4 Å². The molecule has 1 fully saturated rings. The lowest BCUT2D eigenvalue weighted by atomic mass is 9.96. The zero-order valence-corrected chi connectivity index (χ0v) is 15.1. The van der Waals surface area contributed by atoms with Crippen LogP contribution in [-0.4, -0.2) is 49.8 Å². The highest BCUT2D eigenvalue weighted by Crippen LogP contribution is 2.34. The summed E-state index contributed by atoms with van der Waals surface area (Å²) in [6.07, 6.45) is 1.03. The minimum absolute atomic E-state index is 0.0488. The number of hydrogen-bond donors (Lipinski definition) is 1. The minimum Gasteiger partial charge on any atom is -0.339 e. The van der Waals surface area contributed by atoms with Gasteiger partial charge in [-0.2, -0.15) is 18.3 Å². The smallest absolute Gasteiger partial charge is 0.339 e. The van der Waals surface area contributed by atoms with Gasteiger partial charge in [-0.25, -0.2) is 9.67 Å². The molecule has 1 aliphatic heterocycles. The van der Waals surface area contributed by atoms with Crippen LogP contribution in [0.3, 0.4) is 0 Å². The molecule has 1 N–H and O–H groups in total. The van der Waals surface area contributed by atoms with Crippen LogP contribution in [0, 0.1) is 12.8 Å². The molecule has 0 spiro atoms. The number of nitrogens with zero attached hydrogens (tertiary/aromatic N) is 4. The predicted molar refractivity (Wildman–Crippen MR) is 94.1 cm³/mol. The summed E-state index contributed by atoms with van der Waals surface area (Å²) in [6, 6.07) is 0. The number of nitrogens with one attached hydrogen (secondary N) is 1. The van der Waals surface area contributed by atoms with E-state index in [9.17, 15) is 22.8 Å². The fourth-order valence-electron chi connectivity index (χ4n) is 3.65. The molecule has 7 nitrogen and oxygen atoms in total. The maximum absolute atomic E-state index is 12.8. The molecule has 0 radical (unpaired) electrons. The number of amides is 1. The number of H-pyrrole nitrogens is 1. The van der Waals surface area contributed by atoms with Crippen LogP contribution >= 0.6 is 0 Å². The van der Waals surface area contributed by atoms with Crippen molar-refractivity contribution >= 4 is 12.0 Å². The molecule has 1 saturated heterocycles. The van der Waals surface area contributed by atoms with Gasteiger partial charge in [-0.05, 0) is 19.8 Å². The van der Waals surface area contributed by atoms with E-state index in [2.05, 4.69) is 15.1 Å². The Morgan fingerprint density at radius 1 is 1.29 bits per heavy atom. The summed E-state index contributed by atoms with van der Waals surface area (Å²) >= 11 is 0. The lowest BCUT2D eigenvalue weighted by Crippen LogP contribution is -2.42. The van der Waals surface area contributed by atoms with Crippen molar-refractivity contribution < 1.29 is 18.0 Å². The number of hydrogen-bond acceptors (Lipinski definition) is 4. The largest absolute Gasteiger partial charge is 0.391 e. The van der Waals surface area contributed by atoms with Gasteiger partial charge in [0, 0.05) is 19.5 Å². The second-order valence-electron chi connectivity index (χ2n) is 7.02. The van der Waals surface area contributed by atoms with Gasteiger partial charge in [0.1, 0.15) is 0 Å². The van der Waals surface area contributed by atoms with Crippen molar-refractivity contribution in [2.24, 2.45) is 5.92 Å². The number of alkyl halides is 3. The number of aromatic nitrogens is 4. The molecule has 2 aromatic rings. The summed E-state index contributed by atoms with van der Waals surface area (Å²) in [5.74, 6) is -1.52. The van der Waals surface area contributed by atoms with Crippen LogP contribution in [0.25, 0.3) is 12.0 Å². The average Bonchev–Trinajstić information content (AvgIpc) is 3.27. The van der Waals surface area contributed by atoms with E-state index in [-0.39, 0.29) is 48.9 Å². The first-order chi connectivity index (χ1) is 13.3. The number of carbonyl (C=O) groups excluding carboxylic acids is 1. The monoisotopic (exact) mass is 393 g/mol. The maximum atomic E-state index is 12.8. The number of halogens is 3. The third-order valence-electron chi connectivity index (χ3n) is 5.30. The van der Waals surface area contributed by atoms with E-state index < -0.39 is 12.1 Å². The third kappa shape index (κ3) is 3.12. The zero-order valence-electron chi connectivity index (χ0n) is 15.1. The molecule has 2 aromatic heterocycles. The van der Waals surface area contributed by atoms with Crippen molar-refractivity contribution in [1.82, 2.24) is 24.6 Å². The molecule has 0 aromatic carbocycles. The second kappa shape index (κ2) is 6.61. The van der Waals surface area contributed by atoms with Crippen molar-refractivity contribution in [1.29, 1.82) is 0 Å². The fraction of sp³-hybridized carbons (Fsp3) is 0.444. The number of rotatable bonds is 2. The van der Waals surface area contributed by atoms with Crippen molar-refractivity contribution in [2.75, 3.05) is 13.1 Å². The Kier molecular flexibility index (Phi) is 4.35. The number of likely N-dealkylation sites (tertiary alicyclic amines) is 1. The normalized spacial score (nSPS) is 17.2. The molecule has 0 bridgehead atoms. The van der Waals surface area contributed by atoms with Crippen molar-refractivity contribution in [3.8, 4) is 5.95 Å². The summed E-state index contributed by atoms with van der Waals surface area (Å²) in [5.41, 5.74) is 1.61. The molecular formula is C18H18F3N5O2. The van der Waals surface area contributed by atoms with E-state index in [0.717, 1.165) is 0 Å². The summed E-state index contributed by atoms with van der Waals surface area (Å²) in [4.78, 5) is 33.4. The van der Waals surface area contributed by atoms with Gasteiger partial charge >= 0.3 is 6.18 Å². The van der Waals surface area contributed by atoms with Gasteiger partial charge in [0.05, 0.1) is 34.6 Å². The van der Waals surface area contributed by atoms with E-state index in [1.54, 1.807) is 13.0 Å². The van der Waals surface area contributed by atoms with Crippen LogP contribution in [0.5, 0.6) is 0 Å². The van der Waals surface area contributed by atoms with Crippen molar-refractivity contribution in [2.45, 2.75) is 32.4 Å². The molecule has 1 amide bonds. The summed E-state index contributed by atoms with van der Waals surface area (Å²) in [5, 5.41) is 4.16. The Hall–Kier alpha value is -2.91. The highest BCUT2D eigenvalue weighted by atomic mass is 19.4. The molecule has 10 heteroatoms. The first-order valence-corrected chi connectivity index (χ1v) is 8.96.